The molecule has 1 atom stereocenters. The van der Waals surface area contributed by atoms with Crippen molar-refractivity contribution in [2.75, 3.05) is 13.2 Å². The van der Waals surface area contributed by atoms with E-state index >= 15 is 0 Å². The van der Waals surface area contributed by atoms with E-state index in [2.05, 4.69) is 21.2 Å². The van der Waals surface area contributed by atoms with Crippen molar-refractivity contribution in [3.63, 3.8) is 0 Å². The molecule has 1 rings (SSSR count). The van der Waals surface area contributed by atoms with Crippen LogP contribution in [-0.2, 0) is 4.79 Å². The molecule has 0 aliphatic heterocycles. The molecule has 2 N–H and O–H groups in total. The van der Waals surface area contributed by atoms with Gasteiger partial charge < -0.3 is 15.2 Å². The number of halogens is 1. The minimum atomic E-state index is -0.563. The van der Waals surface area contributed by atoms with Crippen LogP contribution in [0.2, 0.25) is 0 Å². The van der Waals surface area contributed by atoms with Crippen LogP contribution >= 0.6 is 15.9 Å². The Balaban J connectivity index is 2.46. The van der Waals surface area contributed by atoms with Gasteiger partial charge in [0.25, 0.3) is 5.91 Å². The summed E-state index contributed by atoms with van der Waals surface area (Å²) in [4.78, 5) is 11.6. The Kier molecular flexibility index (Phi) is 6.00. The SMILES string of the molecule is CC(Oc1ccccc1Br)C(=O)NCCCO. The van der Waals surface area contributed by atoms with Crippen molar-refractivity contribution < 1.29 is 14.6 Å². The molecule has 0 aromatic heterocycles. The molecule has 5 heteroatoms. The van der Waals surface area contributed by atoms with Crippen molar-refractivity contribution in [2.24, 2.45) is 0 Å². The first-order valence-electron chi connectivity index (χ1n) is 5.45. The fraction of sp³-hybridized carbons (Fsp3) is 0.417. The van der Waals surface area contributed by atoms with Crippen molar-refractivity contribution in [1.29, 1.82) is 0 Å². The fourth-order valence-electron chi connectivity index (χ4n) is 1.22. The monoisotopic (exact) mass is 301 g/mol. The highest BCUT2D eigenvalue weighted by Gasteiger charge is 2.14. The summed E-state index contributed by atoms with van der Waals surface area (Å²) in [7, 11) is 0. The Morgan fingerprint density at radius 1 is 1.53 bits per heavy atom. The van der Waals surface area contributed by atoms with Gasteiger partial charge in [0.15, 0.2) is 6.10 Å². The molecule has 4 nitrogen and oxygen atoms in total. The van der Waals surface area contributed by atoms with Crippen LogP contribution < -0.4 is 10.1 Å². The molecule has 0 aliphatic carbocycles. The lowest BCUT2D eigenvalue weighted by Crippen LogP contribution is -2.37. The van der Waals surface area contributed by atoms with Crippen molar-refractivity contribution in [2.45, 2.75) is 19.4 Å². The van der Waals surface area contributed by atoms with Crippen LogP contribution in [0.4, 0.5) is 0 Å². The van der Waals surface area contributed by atoms with Crippen LogP contribution in [0, 0.1) is 0 Å². The van der Waals surface area contributed by atoms with Gasteiger partial charge in [0.1, 0.15) is 5.75 Å². The van der Waals surface area contributed by atoms with Gasteiger partial charge >= 0.3 is 0 Å². The predicted molar refractivity (Wildman–Crippen MR) is 68.9 cm³/mol. The van der Waals surface area contributed by atoms with Crippen LogP contribution in [0.3, 0.4) is 0 Å². The van der Waals surface area contributed by atoms with Gasteiger partial charge in [-0.05, 0) is 41.4 Å². The number of benzene rings is 1. The third-order valence-electron chi connectivity index (χ3n) is 2.14. The average molecular weight is 302 g/mol. The number of rotatable bonds is 6. The van der Waals surface area contributed by atoms with E-state index in [1.807, 2.05) is 18.2 Å². The third-order valence-corrected chi connectivity index (χ3v) is 2.80. The Hall–Kier alpha value is -1.07. The number of ether oxygens (including phenoxy) is 1. The number of hydrogen-bond donors (Lipinski definition) is 2. The van der Waals surface area contributed by atoms with Crippen LogP contribution in [-0.4, -0.2) is 30.3 Å². The maximum Gasteiger partial charge on any atom is 0.260 e. The maximum absolute atomic E-state index is 11.6. The molecule has 94 valence electrons. The largest absolute Gasteiger partial charge is 0.480 e. The molecule has 0 radical (unpaired) electrons. The molecule has 1 amide bonds. The highest BCUT2D eigenvalue weighted by Crippen LogP contribution is 2.24. The Morgan fingerprint density at radius 3 is 2.88 bits per heavy atom. The molecule has 1 unspecified atom stereocenters. The van der Waals surface area contributed by atoms with E-state index < -0.39 is 6.10 Å². The van der Waals surface area contributed by atoms with E-state index in [-0.39, 0.29) is 12.5 Å². The zero-order valence-corrected chi connectivity index (χ0v) is 11.2. The third kappa shape index (κ3) is 4.75. The van der Waals surface area contributed by atoms with Gasteiger partial charge in [0.2, 0.25) is 0 Å². The van der Waals surface area contributed by atoms with E-state index in [1.54, 1.807) is 13.0 Å². The molecule has 1 aromatic carbocycles. The van der Waals surface area contributed by atoms with Gasteiger partial charge in [-0.15, -0.1) is 0 Å². The van der Waals surface area contributed by atoms with Crippen LogP contribution in [0.1, 0.15) is 13.3 Å². The van der Waals surface area contributed by atoms with Crippen molar-refractivity contribution >= 4 is 21.8 Å². The summed E-state index contributed by atoms with van der Waals surface area (Å²) in [5.74, 6) is 0.450. The number of aliphatic hydroxyl groups excluding tert-OH is 1. The zero-order valence-electron chi connectivity index (χ0n) is 9.65. The van der Waals surface area contributed by atoms with Crippen molar-refractivity contribution in [1.82, 2.24) is 5.32 Å². The molecule has 0 spiro atoms. The second-order valence-corrected chi connectivity index (χ2v) is 4.41. The van der Waals surface area contributed by atoms with E-state index in [1.165, 1.54) is 0 Å². The highest BCUT2D eigenvalue weighted by atomic mass is 79.9. The van der Waals surface area contributed by atoms with Crippen molar-refractivity contribution in [3.05, 3.63) is 28.7 Å². The minimum Gasteiger partial charge on any atom is -0.480 e. The van der Waals surface area contributed by atoms with Crippen LogP contribution in [0.25, 0.3) is 0 Å². The Labute approximate surface area is 109 Å². The van der Waals surface area contributed by atoms with Crippen LogP contribution in [0.5, 0.6) is 5.75 Å². The lowest BCUT2D eigenvalue weighted by Gasteiger charge is -2.15. The standard InChI is InChI=1S/C12H16BrNO3/c1-9(12(16)14-7-4-8-15)17-11-6-3-2-5-10(11)13/h2-3,5-6,9,15H,4,7-8H2,1H3,(H,14,16). The summed E-state index contributed by atoms with van der Waals surface area (Å²) in [6.45, 7) is 2.21. The summed E-state index contributed by atoms with van der Waals surface area (Å²) >= 11 is 3.35. The topological polar surface area (TPSA) is 58.6 Å². The molecular weight excluding hydrogens is 286 g/mol. The summed E-state index contributed by atoms with van der Waals surface area (Å²) in [6, 6.07) is 7.37. The Bertz CT molecular complexity index is 371. The number of hydrogen-bond acceptors (Lipinski definition) is 3. The normalized spacial score (nSPS) is 11.9. The van der Waals surface area contributed by atoms with E-state index in [9.17, 15) is 4.79 Å². The first-order chi connectivity index (χ1) is 8.15. The quantitative estimate of drug-likeness (QED) is 0.787. The summed E-state index contributed by atoms with van der Waals surface area (Å²) < 4.78 is 6.33. The van der Waals surface area contributed by atoms with Crippen molar-refractivity contribution in [3.8, 4) is 5.75 Å². The number of nitrogens with one attached hydrogen (secondary N) is 1. The van der Waals surface area contributed by atoms with E-state index in [0.717, 1.165) is 4.47 Å². The molecule has 0 bridgehead atoms. The molecule has 0 saturated heterocycles. The summed E-state index contributed by atoms with van der Waals surface area (Å²) in [5, 5.41) is 11.3. The molecule has 1 aromatic rings. The fourth-order valence-corrected chi connectivity index (χ4v) is 1.60. The Morgan fingerprint density at radius 2 is 2.24 bits per heavy atom. The van der Waals surface area contributed by atoms with Gasteiger partial charge in [0, 0.05) is 13.2 Å². The maximum atomic E-state index is 11.6. The lowest BCUT2D eigenvalue weighted by atomic mass is 10.3. The lowest BCUT2D eigenvalue weighted by molar-refractivity contribution is -0.127. The number of aliphatic hydroxyl groups is 1. The zero-order chi connectivity index (χ0) is 12.7. The second kappa shape index (κ2) is 7.29. The summed E-state index contributed by atoms with van der Waals surface area (Å²) in [6.07, 6.45) is -0.0135. The molecular formula is C12H16BrNO3. The van der Waals surface area contributed by atoms with Gasteiger partial charge in [0.05, 0.1) is 4.47 Å². The smallest absolute Gasteiger partial charge is 0.260 e. The second-order valence-electron chi connectivity index (χ2n) is 3.56. The molecule has 0 saturated carbocycles. The minimum absolute atomic E-state index is 0.0692. The average Bonchev–Trinajstić information content (AvgIpc) is 2.32. The van der Waals surface area contributed by atoms with Gasteiger partial charge in [-0.2, -0.15) is 0 Å². The number of para-hydroxylation sites is 1. The van der Waals surface area contributed by atoms with E-state index in [4.69, 9.17) is 9.84 Å². The molecule has 0 heterocycles. The molecule has 0 aliphatic rings. The molecule has 17 heavy (non-hydrogen) atoms. The van der Waals surface area contributed by atoms with Gasteiger partial charge in [-0.1, -0.05) is 12.1 Å². The highest BCUT2D eigenvalue weighted by molar-refractivity contribution is 9.10. The molecule has 0 fully saturated rings. The number of carbonyl (C=O) groups excluding carboxylic acids is 1. The number of carbonyl (C=O) groups is 1. The van der Waals surface area contributed by atoms with Gasteiger partial charge in [-0.25, -0.2) is 0 Å². The predicted octanol–water partition coefficient (Wildman–Crippen LogP) is 1.71. The first-order valence-corrected chi connectivity index (χ1v) is 6.24. The van der Waals surface area contributed by atoms with Crippen LogP contribution in [0.15, 0.2) is 28.7 Å². The number of amides is 1. The van der Waals surface area contributed by atoms with E-state index in [0.29, 0.717) is 18.7 Å². The summed E-state index contributed by atoms with van der Waals surface area (Å²) in [5.41, 5.74) is 0. The van der Waals surface area contributed by atoms with Gasteiger partial charge in [-0.3, -0.25) is 4.79 Å². The first kappa shape index (κ1) is 14.0.